The molecule has 0 saturated carbocycles. The van der Waals surface area contributed by atoms with Gasteiger partial charge < -0.3 is 9.84 Å². The average Bonchev–Trinajstić information content (AvgIpc) is 3.35. The Balaban J connectivity index is 1.67. The molecule has 2 atom stereocenters. The van der Waals surface area contributed by atoms with Crippen LogP contribution in [0, 0.1) is 6.92 Å². The van der Waals surface area contributed by atoms with Crippen molar-refractivity contribution < 1.29 is 17.7 Å². The van der Waals surface area contributed by atoms with Gasteiger partial charge >= 0.3 is 0 Å². The van der Waals surface area contributed by atoms with Crippen LogP contribution in [0.4, 0.5) is 0 Å². The summed E-state index contributed by atoms with van der Waals surface area (Å²) in [6, 6.07) is 10.6. The van der Waals surface area contributed by atoms with Crippen LogP contribution in [0.15, 0.2) is 46.3 Å². The molecule has 0 radical (unpaired) electrons. The number of carbonyl (C=O) groups excluding carboxylic acids is 1. The Kier molecular flexibility index (Phi) is 6.49. The van der Waals surface area contributed by atoms with Crippen LogP contribution in [0.1, 0.15) is 36.4 Å². The number of nitrogens with one attached hydrogen (secondary N) is 1. The number of rotatable bonds is 8. The van der Waals surface area contributed by atoms with E-state index in [1.54, 1.807) is 6.92 Å². The van der Waals surface area contributed by atoms with Gasteiger partial charge in [0.05, 0.1) is 16.2 Å². The lowest BCUT2D eigenvalue weighted by Gasteiger charge is -2.24. The predicted octanol–water partition coefficient (Wildman–Crippen LogP) is 3.33. The Labute approximate surface area is 174 Å². The molecule has 3 rings (SSSR count). The first-order valence-electron chi connectivity index (χ1n) is 9.15. The number of hydrogen-bond donors (Lipinski definition) is 1. The first-order valence-corrected chi connectivity index (χ1v) is 12.0. The second-order valence-electron chi connectivity index (χ2n) is 6.98. The molecule has 9 heteroatoms. The maximum absolute atomic E-state index is 12.5. The average molecular weight is 434 g/mol. The van der Waals surface area contributed by atoms with Gasteiger partial charge in [-0.3, -0.25) is 4.79 Å². The zero-order chi connectivity index (χ0) is 21.0. The van der Waals surface area contributed by atoms with Crippen molar-refractivity contribution in [3.05, 3.63) is 58.8 Å². The smallest absolute Gasteiger partial charge is 0.227 e. The molecular formula is C20H23N3O4S2. The van der Waals surface area contributed by atoms with E-state index in [1.807, 2.05) is 48.7 Å². The molecule has 0 saturated heterocycles. The van der Waals surface area contributed by atoms with Gasteiger partial charge in [-0.05, 0) is 30.9 Å². The maximum atomic E-state index is 12.5. The molecule has 0 unspecified atom stereocenters. The highest BCUT2D eigenvalue weighted by Crippen LogP contribution is 2.23. The van der Waals surface area contributed by atoms with Crippen LogP contribution < -0.4 is 5.32 Å². The molecule has 2 aromatic heterocycles. The fourth-order valence-electron chi connectivity index (χ4n) is 2.82. The molecule has 0 aliphatic carbocycles. The molecule has 29 heavy (non-hydrogen) atoms. The van der Waals surface area contributed by atoms with Crippen molar-refractivity contribution in [2.24, 2.45) is 0 Å². The number of thiophene rings is 1. The zero-order valence-electron chi connectivity index (χ0n) is 16.5. The molecular weight excluding hydrogens is 410 g/mol. The van der Waals surface area contributed by atoms with E-state index in [2.05, 4.69) is 15.5 Å². The van der Waals surface area contributed by atoms with E-state index in [9.17, 15) is 13.2 Å². The van der Waals surface area contributed by atoms with Crippen molar-refractivity contribution in [1.29, 1.82) is 0 Å². The maximum Gasteiger partial charge on any atom is 0.227 e. The fourth-order valence-corrected chi connectivity index (χ4v) is 4.19. The normalized spacial score (nSPS) is 13.8. The molecule has 154 valence electrons. The summed E-state index contributed by atoms with van der Waals surface area (Å²) in [6.07, 6.45) is 1.57. The van der Waals surface area contributed by atoms with Crippen LogP contribution >= 0.6 is 11.3 Å². The molecule has 1 N–H and O–H groups in total. The lowest BCUT2D eigenvalue weighted by atomic mass is 10.0. The van der Waals surface area contributed by atoms with Crippen molar-refractivity contribution in [2.75, 3.05) is 6.26 Å². The third-order valence-electron chi connectivity index (χ3n) is 4.67. The number of aromatic nitrogens is 2. The highest BCUT2D eigenvalue weighted by Gasteiger charge is 2.29. The molecule has 1 amide bonds. The number of benzene rings is 1. The Bertz CT molecular complexity index is 1060. The van der Waals surface area contributed by atoms with Crippen molar-refractivity contribution in [3.63, 3.8) is 0 Å². The van der Waals surface area contributed by atoms with Crippen LogP contribution in [0.2, 0.25) is 0 Å². The Morgan fingerprint density at radius 2 is 1.97 bits per heavy atom. The summed E-state index contributed by atoms with van der Waals surface area (Å²) >= 11 is 1.51. The van der Waals surface area contributed by atoms with Crippen molar-refractivity contribution in [1.82, 2.24) is 15.5 Å². The predicted molar refractivity (Wildman–Crippen MR) is 112 cm³/mol. The van der Waals surface area contributed by atoms with E-state index < -0.39 is 21.1 Å². The van der Waals surface area contributed by atoms with Gasteiger partial charge in [0, 0.05) is 19.1 Å². The number of aryl methyl sites for hydroxylation is 2. The van der Waals surface area contributed by atoms with E-state index in [4.69, 9.17) is 4.52 Å². The summed E-state index contributed by atoms with van der Waals surface area (Å²) in [5.41, 5.74) is 1.81. The monoisotopic (exact) mass is 433 g/mol. The lowest BCUT2D eigenvalue weighted by Crippen LogP contribution is -2.38. The number of sulfone groups is 1. The summed E-state index contributed by atoms with van der Waals surface area (Å²) < 4.78 is 29.4. The van der Waals surface area contributed by atoms with E-state index in [1.165, 1.54) is 17.6 Å². The van der Waals surface area contributed by atoms with Crippen molar-refractivity contribution in [3.8, 4) is 10.7 Å². The molecule has 0 aliphatic heterocycles. The summed E-state index contributed by atoms with van der Waals surface area (Å²) in [7, 11) is -3.35. The molecule has 3 aromatic rings. The molecule has 2 heterocycles. The van der Waals surface area contributed by atoms with Gasteiger partial charge in [-0.25, -0.2) is 8.42 Å². The van der Waals surface area contributed by atoms with Crippen LogP contribution in [0.3, 0.4) is 0 Å². The van der Waals surface area contributed by atoms with Gasteiger partial charge in [0.25, 0.3) is 0 Å². The summed E-state index contributed by atoms with van der Waals surface area (Å²) in [4.78, 5) is 17.7. The highest BCUT2D eigenvalue weighted by molar-refractivity contribution is 7.91. The molecule has 1 aromatic carbocycles. The Morgan fingerprint density at radius 1 is 1.24 bits per heavy atom. The third-order valence-corrected chi connectivity index (χ3v) is 7.16. The highest BCUT2D eigenvalue weighted by atomic mass is 32.2. The van der Waals surface area contributed by atoms with E-state index >= 15 is 0 Å². The first-order chi connectivity index (χ1) is 13.7. The summed E-state index contributed by atoms with van der Waals surface area (Å²) in [5, 5.41) is 7.95. The number of carbonyl (C=O) groups is 1. The van der Waals surface area contributed by atoms with E-state index in [-0.39, 0.29) is 18.7 Å². The Morgan fingerprint density at radius 3 is 2.59 bits per heavy atom. The van der Waals surface area contributed by atoms with Gasteiger partial charge in [0.15, 0.2) is 9.84 Å². The third kappa shape index (κ3) is 5.51. The first kappa shape index (κ1) is 21.2. The number of nitrogens with zero attached hydrogens (tertiary/aromatic N) is 2. The van der Waals surface area contributed by atoms with Crippen LogP contribution in [0.5, 0.6) is 0 Å². The van der Waals surface area contributed by atoms with Crippen molar-refractivity contribution in [2.45, 2.75) is 38.0 Å². The molecule has 0 aliphatic rings. The van der Waals surface area contributed by atoms with Gasteiger partial charge in [-0.15, -0.1) is 11.3 Å². The van der Waals surface area contributed by atoms with Gasteiger partial charge in [0.1, 0.15) is 0 Å². The standard InChI is InChI=1S/C20H23N3O4S2/c1-13-6-8-15(9-7-13)19(14(2)29(3,25)26)21-17(24)10-11-18-22-20(23-27-18)16-5-4-12-28-16/h4-9,12,14,19H,10-11H2,1-3H3,(H,21,24)/t14-,19+/m0/s1. The van der Waals surface area contributed by atoms with Crippen LogP contribution in [0.25, 0.3) is 10.7 Å². The quantitative estimate of drug-likeness (QED) is 0.585. The van der Waals surface area contributed by atoms with Crippen molar-refractivity contribution >= 4 is 27.1 Å². The SMILES string of the molecule is Cc1ccc([C@H](NC(=O)CCc2nc(-c3cccs3)no2)[C@H](C)S(C)(=O)=O)cc1. The van der Waals surface area contributed by atoms with Gasteiger partial charge in [0.2, 0.25) is 17.6 Å². The second kappa shape index (κ2) is 8.87. The largest absolute Gasteiger partial charge is 0.348 e. The van der Waals surface area contributed by atoms with Crippen LogP contribution in [-0.4, -0.2) is 36.0 Å². The fraction of sp³-hybridized carbons (Fsp3) is 0.350. The minimum absolute atomic E-state index is 0.116. The number of amides is 1. The van der Waals surface area contributed by atoms with Crippen LogP contribution in [-0.2, 0) is 21.1 Å². The minimum atomic E-state index is -3.35. The Hall–Kier alpha value is -2.52. The molecule has 0 bridgehead atoms. The minimum Gasteiger partial charge on any atom is -0.348 e. The van der Waals surface area contributed by atoms with E-state index in [0.29, 0.717) is 11.7 Å². The van der Waals surface area contributed by atoms with E-state index in [0.717, 1.165) is 16.0 Å². The molecule has 0 fully saturated rings. The number of hydrogen-bond acceptors (Lipinski definition) is 7. The molecule has 7 nitrogen and oxygen atoms in total. The molecule has 0 spiro atoms. The van der Waals surface area contributed by atoms with Gasteiger partial charge in [-0.1, -0.05) is 41.1 Å². The second-order valence-corrected chi connectivity index (χ2v) is 10.3. The lowest BCUT2D eigenvalue weighted by molar-refractivity contribution is -0.121. The summed E-state index contributed by atoms with van der Waals surface area (Å²) in [6.45, 7) is 3.55. The zero-order valence-corrected chi connectivity index (χ0v) is 18.1. The topological polar surface area (TPSA) is 102 Å². The summed E-state index contributed by atoms with van der Waals surface area (Å²) in [5.74, 6) is 0.590. The van der Waals surface area contributed by atoms with Gasteiger partial charge in [-0.2, -0.15) is 4.98 Å².